The van der Waals surface area contributed by atoms with E-state index in [1.54, 1.807) is 0 Å². The van der Waals surface area contributed by atoms with Crippen LogP contribution in [0.25, 0.3) is 0 Å². The van der Waals surface area contributed by atoms with E-state index in [9.17, 15) is 4.79 Å². The van der Waals surface area contributed by atoms with Crippen molar-refractivity contribution in [2.45, 2.75) is 47.0 Å². The smallest absolute Gasteiger partial charge is 0.120 e. The van der Waals surface area contributed by atoms with E-state index in [1.165, 1.54) is 0 Å². The van der Waals surface area contributed by atoms with Crippen molar-refractivity contribution in [3.63, 3.8) is 0 Å². The Balaban J connectivity index is 3.77. The number of hydrogen-bond acceptors (Lipinski definition) is 1. The van der Waals surface area contributed by atoms with Crippen LogP contribution in [0.3, 0.4) is 0 Å². The number of hydrogen-bond donors (Lipinski definition) is 0. The molecule has 0 aliphatic rings. The van der Waals surface area contributed by atoms with Gasteiger partial charge in [0.05, 0.1) is 0 Å². The monoisotopic (exact) mass is 156 g/mol. The minimum absolute atomic E-state index is 0.365. The van der Waals surface area contributed by atoms with Crippen LogP contribution in [0.15, 0.2) is 0 Å². The van der Waals surface area contributed by atoms with Gasteiger partial charge in [-0.1, -0.05) is 34.1 Å². The zero-order valence-corrected chi connectivity index (χ0v) is 8.18. The zero-order valence-electron chi connectivity index (χ0n) is 8.18. The van der Waals surface area contributed by atoms with Gasteiger partial charge in [-0.15, -0.1) is 0 Å². The van der Waals surface area contributed by atoms with Crippen LogP contribution < -0.4 is 0 Å². The quantitative estimate of drug-likeness (QED) is 0.572. The van der Waals surface area contributed by atoms with Crippen LogP contribution >= 0.6 is 0 Å². The van der Waals surface area contributed by atoms with Gasteiger partial charge in [0, 0.05) is 6.42 Å². The Bertz CT molecular complexity index is 111. The molecule has 11 heavy (non-hydrogen) atoms. The Morgan fingerprint density at radius 2 is 1.91 bits per heavy atom. The van der Waals surface area contributed by atoms with Crippen molar-refractivity contribution in [3.8, 4) is 0 Å². The van der Waals surface area contributed by atoms with Crippen molar-refractivity contribution in [3.05, 3.63) is 0 Å². The third-order valence-corrected chi connectivity index (χ3v) is 1.91. The van der Waals surface area contributed by atoms with Gasteiger partial charge in [0.15, 0.2) is 0 Å². The highest BCUT2D eigenvalue weighted by atomic mass is 16.1. The second-order valence-corrected chi connectivity index (χ2v) is 4.44. The first kappa shape index (κ1) is 10.7. The molecule has 0 fully saturated rings. The van der Waals surface area contributed by atoms with Gasteiger partial charge >= 0.3 is 0 Å². The topological polar surface area (TPSA) is 17.1 Å². The maximum atomic E-state index is 10.3. The summed E-state index contributed by atoms with van der Waals surface area (Å²) in [5.74, 6) is 0.590. The van der Waals surface area contributed by atoms with Crippen molar-refractivity contribution in [1.29, 1.82) is 0 Å². The molecule has 0 spiro atoms. The normalized spacial score (nSPS) is 14.5. The minimum Gasteiger partial charge on any atom is -0.303 e. The number of carbonyl (C=O) groups is 1. The minimum atomic E-state index is 0.365. The summed E-state index contributed by atoms with van der Waals surface area (Å²) in [5, 5.41) is 0. The van der Waals surface area contributed by atoms with E-state index < -0.39 is 0 Å². The molecule has 0 saturated heterocycles. The number of carbonyl (C=O) groups excluding carboxylic acids is 1. The van der Waals surface area contributed by atoms with Crippen molar-refractivity contribution in [2.24, 2.45) is 11.3 Å². The van der Waals surface area contributed by atoms with E-state index in [-0.39, 0.29) is 0 Å². The highest BCUT2D eigenvalue weighted by molar-refractivity contribution is 5.49. The first-order chi connectivity index (χ1) is 4.99. The Hall–Kier alpha value is -0.330. The van der Waals surface area contributed by atoms with Crippen molar-refractivity contribution < 1.29 is 4.79 Å². The average Bonchev–Trinajstić information content (AvgIpc) is 1.84. The average molecular weight is 156 g/mol. The summed E-state index contributed by atoms with van der Waals surface area (Å²) < 4.78 is 0. The van der Waals surface area contributed by atoms with Gasteiger partial charge in [-0.2, -0.15) is 0 Å². The van der Waals surface area contributed by atoms with Crippen LogP contribution in [0, 0.1) is 11.3 Å². The zero-order chi connectivity index (χ0) is 8.91. The van der Waals surface area contributed by atoms with Gasteiger partial charge < -0.3 is 4.79 Å². The van der Waals surface area contributed by atoms with Crippen LogP contribution in [0.1, 0.15) is 47.0 Å². The van der Waals surface area contributed by atoms with E-state index in [0.717, 1.165) is 25.5 Å². The molecule has 0 amide bonds. The molecule has 1 heteroatoms. The molecule has 0 aliphatic carbocycles. The molecule has 0 rings (SSSR count). The fraction of sp³-hybridized carbons (Fsp3) is 0.900. The molecule has 66 valence electrons. The van der Waals surface area contributed by atoms with Crippen LogP contribution in [-0.4, -0.2) is 6.29 Å². The van der Waals surface area contributed by atoms with E-state index in [4.69, 9.17) is 0 Å². The maximum Gasteiger partial charge on any atom is 0.120 e. The molecule has 0 saturated carbocycles. The molecule has 0 aromatic carbocycles. The predicted octanol–water partition coefficient (Wildman–Crippen LogP) is 3.04. The molecular formula is C10H20O. The molecule has 0 aliphatic heterocycles. The first-order valence-electron chi connectivity index (χ1n) is 4.43. The van der Waals surface area contributed by atoms with Crippen molar-refractivity contribution >= 4 is 6.29 Å². The summed E-state index contributed by atoms with van der Waals surface area (Å²) in [4.78, 5) is 10.3. The molecule has 0 N–H and O–H groups in total. The second kappa shape index (κ2) is 4.53. The summed E-state index contributed by atoms with van der Waals surface area (Å²) in [6.45, 7) is 8.82. The molecule has 0 radical (unpaired) electrons. The van der Waals surface area contributed by atoms with Crippen LogP contribution in [-0.2, 0) is 4.79 Å². The third kappa shape index (κ3) is 6.08. The molecule has 1 nitrogen and oxygen atoms in total. The van der Waals surface area contributed by atoms with Gasteiger partial charge in [-0.05, 0) is 17.8 Å². The van der Waals surface area contributed by atoms with Crippen LogP contribution in [0.5, 0.6) is 0 Å². The number of rotatable bonds is 4. The standard InChI is InChI=1S/C10H20O/c1-5-9(6-7-11)8-10(2,3)4/h7,9H,5-6,8H2,1-4H3. The van der Waals surface area contributed by atoms with Gasteiger partial charge in [0.25, 0.3) is 0 Å². The SMILES string of the molecule is CCC(CC=O)CC(C)(C)C. The molecule has 0 heterocycles. The molecule has 0 aromatic rings. The fourth-order valence-electron chi connectivity index (χ4n) is 1.40. The van der Waals surface area contributed by atoms with Crippen LogP contribution in [0.4, 0.5) is 0 Å². The van der Waals surface area contributed by atoms with E-state index in [1.807, 2.05) is 0 Å². The van der Waals surface area contributed by atoms with Gasteiger partial charge in [-0.25, -0.2) is 0 Å². The highest BCUT2D eigenvalue weighted by Gasteiger charge is 2.16. The van der Waals surface area contributed by atoms with E-state index >= 15 is 0 Å². The maximum absolute atomic E-state index is 10.3. The van der Waals surface area contributed by atoms with Gasteiger partial charge in [-0.3, -0.25) is 0 Å². The third-order valence-electron chi connectivity index (χ3n) is 1.91. The van der Waals surface area contributed by atoms with Gasteiger partial charge in [0.1, 0.15) is 6.29 Å². The van der Waals surface area contributed by atoms with E-state index in [2.05, 4.69) is 27.7 Å². The van der Waals surface area contributed by atoms with E-state index in [0.29, 0.717) is 11.3 Å². The summed E-state index contributed by atoms with van der Waals surface area (Å²) in [6.07, 6.45) is 4.05. The predicted molar refractivity (Wildman–Crippen MR) is 48.5 cm³/mol. The van der Waals surface area contributed by atoms with Crippen molar-refractivity contribution in [2.75, 3.05) is 0 Å². The summed E-state index contributed by atoms with van der Waals surface area (Å²) in [5.41, 5.74) is 0.365. The molecule has 0 bridgehead atoms. The fourth-order valence-corrected chi connectivity index (χ4v) is 1.40. The summed E-state index contributed by atoms with van der Waals surface area (Å²) in [6, 6.07) is 0. The lowest BCUT2D eigenvalue weighted by molar-refractivity contribution is -0.108. The Morgan fingerprint density at radius 1 is 1.36 bits per heavy atom. The number of aldehydes is 1. The Labute approximate surface area is 70.2 Å². The summed E-state index contributed by atoms with van der Waals surface area (Å²) >= 11 is 0. The second-order valence-electron chi connectivity index (χ2n) is 4.44. The first-order valence-corrected chi connectivity index (χ1v) is 4.43. The lowest BCUT2D eigenvalue weighted by Crippen LogP contribution is -2.13. The largest absolute Gasteiger partial charge is 0.303 e. The molecule has 1 atom stereocenters. The van der Waals surface area contributed by atoms with Crippen molar-refractivity contribution in [1.82, 2.24) is 0 Å². The molecule has 0 aromatic heterocycles. The lowest BCUT2D eigenvalue weighted by atomic mass is 9.82. The van der Waals surface area contributed by atoms with Gasteiger partial charge in [0.2, 0.25) is 0 Å². The van der Waals surface area contributed by atoms with Crippen LogP contribution in [0.2, 0.25) is 0 Å². The molecular weight excluding hydrogens is 136 g/mol. The Kier molecular flexibility index (Phi) is 4.39. The lowest BCUT2D eigenvalue weighted by Gasteiger charge is -2.23. The molecule has 1 unspecified atom stereocenters. The Morgan fingerprint density at radius 3 is 2.18 bits per heavy atom. The highest BCUT2D eigenvalue weighted by Crippen LogP contribution is 2.27. The summed E-state index contributed by atoms with van der Waals surface area (Å²) in [7, 11) is 0.